The lowest BCUT2D eigenvalue weighted by molar-refractivity contribution is -0.00127. The Labute approximate surface area is 165 Å². The Morgan fingerprint density at radius 3 is 2.96 bits per heavy atom. The summed E-state index contributed by atoms with van der Waals surface area (Å²) < 4.78 is 2.37. The van der Waals surface area contributed by atoms with Crippen LogP contribution in [0.25, 0.3) is 21.9 Å². The van der Waals surface area contributed by atoms with E-state index in [0.29, 0.717) is 28.2 Å². The Kier molecular flexibility index (Phi) is 3.54. The normalized spacial score (nSPS) is 23.8. The summed E-state index contributed by atoms with van der Waals surface area (Å²) in [7, 11) is 0. The number of H-pyrrole nitrogens is 1. The highest BCUT2D eigenvalue weighted by Gasteiger charge is 2.50. The van der Waals surface area contributed by atoms with E-state index in [-0.39, 0.29) is 5.56 Å². The summed E-state index contributed by atoms with van der Waals surface area (Å²) in [6.07, 6.45) is 6.48. The first kappa shape index (κ1) is 16.9. The molecular formula is C21H21BrN4O. The van der Waals surface area contributed by atoms with Crippen LogP contribution in [0.1, 0.15) is 32.5 Å². The summed E-state index contributed by atoms with van der Waals surface area (Å²) in [5, 5.41) is 5.46. The van der Waals surface area contributed by atoms with Crippen molar-refractivity contribution >= 4 is 44.1 Å². The van der Waals surface area contributed by atoms with Gasteiger partial charge in [-0.25, -0.2) is 4.98 Å². The predicted molar refractivity (Wildman–Crippen MR) is 112 cm³/mol. The largest absolute Gasteiger partial charge is 0.349 e. The zero-order chi connectivity index (χ0) is 18.9. The van der Waals surface area contributed by atoms with Crippen LogP contribution in [-0.4, -0.2) is 20.9 Å². The molecule has 2 aromatic heterocycles. The van der Waals surface area contributed by atoms with Crippen molar-refractivity contribution in [3.05, 3.63) is 50.5 Å². The summed E-state index contributed by atoms with van der Waals surface area (Å²) in [5.41, 5.74) is 3.50. The monoisotopic (exact) mass is 424 g/mol. The lowest BCUT2D eigenvalue weighted by Crippen LogP contribution is -2.48. The number of aromatic amines is 1. The standard InChI is InChI=1S/C21H21BrN4O/c1-11-24-18-15-9-14(22)6-7-17(15)25-19(18)20(27)26(11)23-10-12-4-5-13-8-16(12)21(13,2)3/h4,6-7,9-10,13,16,25H,5,8H2,1-3H3/b23-10-/t13-,16+/m0/s1. The van der Waals surface area contributed by atoms with Crippen LogP contribution in [0.15, 0.2) is 44.2 Å². The van der Waals surface area contributed by atoms with Crippen LogP contribution in [0.5, 0.6) is 0 Å². The van der Waals surface area contributed by atoms with Crippen molar-refractivity contribution in [1.29, 1.82) is 0 Å². The molecule has 5 nitrogen and oxygen atoms in total. The third-order valence-corrected chi connectivity index (χ3v) is 7.05. The van der Waals surface area contributed by atoms with Crippen molar-refractivity contribution in [2.75, 3.05) is 0 Å². The van der Waals surface area contributed by atoms with Gasteiger partial charge in [0.15, 0.2) is 0 Å². The van der Waals surface area contributed by atoms with E-state index in [1.807, 2.05) is 31.3 Å². The molecule has 0 aliphatic heterocycles. The second-order valence-electron chi connectivity index (χ2n) is 8.31. The molecule has 6 rings (SSSR count). The molecule has 0 saturated heterocycles. The molecule has 3 aliphatic carbocycles. The second-order valence-corrected chi connectivity index (χ2v) is 9.22. The van der Waals surface area contributed by atoms with Crippen LogP contribution in [-0.2, 0) is 0 Å². The zero-order valence-electron chi connectivity index (χ0n) is 15.6. The first-order valence-electron chi connectivity index (χ1n) is 9.31. The minimum absolute atomic E-state index is 0.164. The topological polar surface area (TPSA) is 63.0 Å². The van der Waals surface area contributed by atoms with E-state index < -0.39 is 0 Å². The number of hydrogen-bond donors (Lipinski definition) is 1. The van der Waals surface area contributed by atoms with Gasteiger partial charge in [0.25, 0.3) is 5.56 Å². The highest BCUT2D eigenvalue weighted by molar-refractivity contribution is 9.10. The van der Waals surface area contributed by atoms with Gasteiger partial charge in [0.1, 0.15) is 16.9 Å². The fourth-order valence-corrected chi connectivity index (χ4v) is 5.05. The maximum Gasteiger partial charge on any atom is 0.298 e. The number of fused-ring (bicyclic) bond motifs is 4. The molecule has 0 spiro atoms. The van der Waals surface area contributed by atoms with Crippen LogP contribution in [0.3, 0.4) is 0 Å². The minimum atomic E-state index is -0.164. The van der Waals surface area contributed by atoms with Gasteiger partial charge in [0.2, 0.25) is 0 Å². The van der Waals surface area contributed by atoms with Gasteiger partial charge in [-0.3, -0.25) is 4.79 Å². The average Bonchev–Trinajstić information content (AvgIpc) is 2.99. The number of nitrogens with one attached hydrogen (secondary N) is 1. The van der Waals surface area contributed by atoms with Gasteiger partial charge in [0, 0.05) is 15.4 Å². The molecule has 2 atom stereocenters. The molecule has 138 valence electrons. The Hall–Kier alpha value is -2.21. The van der Waals surface area contributed by atoms with Crippen molar-refractivity contribution in [2.45, 2.75) is 33.6 Å². The van der Waals surface area contributed by atoms with Crippen molar-refractivity contribution in [3.8, 4) is 0 Å². The smallest absolute Gasteiger partial charge is 0.298 e. The molecular weight excluding hydrogens is 404 g/mol. The van der Waals surface area contributed by atoms with Crippen molar-refractivity contribution in [2.24, 2.45) is 22.4 Å². The van der Waals surface area contributed by atoms with Crippen molar-refractivity contribution < 1.29 is 0 Å². The van der Waals surface area contributed by atoms with E-state index in [4.69, 9.17) is 0 Å². The number of halogens is 1. The lowest BCUT2D eigenvalue weighted by Gasteiger charge is -2.55. The average molecular weight is 425 g/mol. The van der Waals surface area contributed by atoms with E-state index in [2.05, 4.69) is 50.9 Å². The molecule has 6 heteroatoms. The molecule has 27 heavy (non-hydrogen) atoms. The van der Waals surface area contributed by atoms with Gasteiger partial charge in [-0.2, -0.15) is 9.78 Å². The van der Waals surface area contributed by atoms with Crippen LogP contribution in [0, 0.1) is 24.2 Å². The minimum Gasteiger partial charge on any atom is -0.349 e. The predicted octanol–water partition coefficient (Wildman–Crippen LogP) is 4.78. The third-order valence-electron chi connectivity index (χ3n) is 6.55. The van der Waals surface area contributed by atoms with Gasteiger partial charge >= 0.3 is 0 Å². The van der Waals surface area contributed by atoms with Gasteiger partial charge in [-0.1, -0.05) is 35.9 Å². The van der Waals surface area contributed by atoms with E-state index in [1.165, 1.54) is 16.7 Å². The van der Waals surface area contributed by atoms with Gasteiger partial charge < -0.3 is 4.98 Å². The highest BCUT2D eigenvalue weighted by atomic mass is 79.9. The molecule has 1 aromatic carbocycles. The summed E-state index contributed by atoms with van der Waals surface area (Å²) in [5.74, 6) is 1.91. The van der Waals surface area contributed by atoms with Crippen molar-refractivity contribution in [3.63, 3.8) is 0 Å². The highest BCUT2D eigenvalue weighted by Crippen LogP contribution is 2.58. The number of aryl methyl sites for hydroxylation is 1. The lowest BCUT2D eigenvalue weighted by atomic mass is 9.49. The fraction of sp³-hybridized carbons (Fsp3) is 0.381. The molecule has 0 unspecified atom stereocenters. The van der Waals surface area contributed by atoms with Gasteiger partial charge in [-0.15, -0.1) is 0 Å². The molecule has 3 aromatic rings. The van der Waals surface area contributed by atoms with Crippen LogP contribution < -0.4 is 5.56 Å². The molecule has 0 radical (unpaired) electrons. The summed E-state index contributed by atoms with van der Waals surface area (Å²) in [6.45, 7) is 6.49. The van der Waals surface area contributed by atoms with Crippen LogP contribution in [0.2, 0.25) is 0 Å². The Morgan fingerprint density at radius 2 is 2.22 bits per heavy atom. The van der Waals surface area contributed by atoms with E-state index in [1.54, 1.807) is 0 Å². The van der Waals surface area contributed by atoms with Gasteiger partial charge in [0.05, 0.1) is 6.21 Å². The summed E-state index contributed by atoms with van der Waals surface area (Å²) >= 11 is 3.49. The Morgan fingerprint density at radius 1 is 1.41 bits per heavy atom. The number of nitrogens with zero attached hydrogens (tertiary/aromatic N) is 3. The Balaban J connectivity index is 1.61. The number of hydrogen-bond acceptors (Lipinski definition) is 3. The number of aromatic nitrogens is 3. The first-order valence-corrected chi connectivity index (χ1v) is 10.1. The quantitative estimate of drug-likeness (QED) is 0.601. The molecule has 3 aliphatic rings. The molecule has 1 saturated carbocycles. The van der Waals surface area contributed by atoms with Gasteiger partial charge in [-0.05, 0) is 60.8 Å². The zero-order valence-corrected chi connectivity index (χ0v) is 17.2. The maximum atomic E-state index is 13.0. The summed E-state index contributed by atoms with van der Waals surface area (Å²) in [4.78, 5) is 20.9. The van der Waals surface area contributed by atoms with Crippen molar-refractivity contribution in [1.82, 2.24) is 14.6 Å². The number of allylic oxidation sites excluding steroid dienone is 2. The molecule has 2 heterocycles. The summed E-state index contributed by atoms with van der Waals surface area (Å²) in [6, 6.07) is 5.88. The van der Waals surface area contributed by atoms with Crippen LogP contribution in [0.4, 0.5) is 0 Å². The molecule has 1 N–H and O–H groups in total. The van der Waals surface area contributed by atoms with E-state index >= 15 is 0 Å². The Bertz CT molecular complexity index is 1210. The number of benzene rings is 1. The first-order chi connectivity index (χ1) is 12.9. The fourth-order valence-electron chi connectivity index (χ4n) is 4.69. The van der Waals surface area contributed by atoms with E-state index in [0.717, 1.165) is 27.7 Å². The molecule has 1 fully saturated rings. The van der Waals surface area contributed by atoms with E-state index in [9.17, 15) is 4.79 Å². The molecule has 2 bridgehead atoms. The second kappa shape index (κ2) is 5.64. The maximum absolute atomic E-state index is 13.0. The molecule has 0 amide bonds. The SMILES string of the molecule is Cc1nc2c([nH]c3ccc(Br)cc32)c(=O)n1/N=C\C1=CC[C@H]2C[C@H]1C2(C)C. The van der Waals surface area contributed by atoms with Crippen LogP contribution >= 0.6 is 15.9 Å². The number of rotatable bonds is 2. The third kappa shape index (κ3) is 2.39.